The molecule has 4 nitrogen and oxygen atoms in total. The second kappa shape index (κ2) is 4.78. The fourth-order valence-corrected chi connectivity index (χ4v) is 2.29. The van der Waals surface area contributed by atoms with Gasteiger partial charge in [-0.25, -0.2) is 4.98 Å². The van der Waals surface area contributed by atoms with Crippen molar-refractivity contribution < 1.29 is 0 Å². The maximum absolute atomic E-state index is 5.68. The lowest BCUT2D eigenvalue weighted by molar-refractivity contribution is 0.422. The van der Waals surface area contributed by atoms with Gasteiger partial charge in [0.05, 0.1) is 5.69 Å². The molecule has 4 heteroatoms. The van der Waals surface area contributed by atoms with Gasteiger partial charge in [0.15, 0.2) is 5.82 Å². The molecule has 0 aliphatic carbocycles. The van der Waals surface area contributed by atoms with E-state index < -0.39 is 0 Å². The lowest BCUT2D eigenvalue weighted by Gasteiger charge is -2.20. The fourth-order valence-electron chi connectivity index (χ4n) is 2.29. The van der Waals surface area contributed by atoms with Gasteiger partial charge in [0.1, 0.15) is 0 Å². The molecule has 1 aliphatic heterocycles. The first-order valence-corrected chi connectivity index (χ1v) is 5.97. The van der Waals surface area contributed by atoms with Gasteiger partial charge >= 0.3 is 0 Å². The highest BCUT2D eigenvalue weighted by molar-refractivity contribution is 5.44. The highest BCUT2D eigenvalue weighted by Gasteiger charge is 2.26. The van der Waals surface area contributed by atoms with Gasteiger partial charge in [-0.2, -0.15) is 0 Å². The Labute approximate surface area is 96.9 Å². The zero-order chi connectivity index (χ0) is 11.5. The molecule has 1 atom stereocenters. The van der Waals surface area contributed by atoms with Gasteiger partial charge in [-0.15, -0.1) is 0 Å². The van der Waals surface area contributed by atoms with Crippen molar-refractivity contribution in [3.63, 3.8) is 0 Å². The van der Waals surface area contributed by atoms with Crippen LogP contribution in [-0.4, -0.2) is 23.1 Å². The van der Waals surface area contributed by atoms with E-state index in [-0.39, 0.29) is 0 Å². The second-order valence-electron chi connectivity index (χ2n) is 4.77. The third-order valence-electron chi connectivity index (χ3n) is 3.41. The Balaban J connectivity index is 2.14. The first-order valence-electron chi connectivity index (χ1n) is 5.97. The van der Waals surface area contributed by atoms with Crippen LogP contribution in [0, 0.1) is 11.8 Å². The van der Waals surface area contributed by atoms with E-state index >= 15 is 0 Å². The maximum Gasteiger partial charge on any atom is 0.151 e. The van der Waals surface area contributed by atoms with Crippen LogP contribution in [0.2, 0.25) is 0 Å². The Morgan fingerprint density at radius 1 is 1.44 bits per heavy atom. The summed E-state index contributed by atoms with van der Waals surface area (Å²) < 4.78 is 0. The number of hydrogen-bond donors (Lipinski definition) is 1. The van der Waals surface area contributed by atoms with Gasteiger partial charge in [-0.3, -0.25) is 4.98 Å². The summed E-state index contributed by atoms with van der Waals surface area (Å²) in [6.07, 6.45) is 4.71. The minimum absolute atomic E-state index is 0.464. The molecular weight excluding hydrogens is 200 g/mol. The Hall–Kier alpha value is -1.16. The molecule has 1 aromatic heterocycles. The standard InChI is InChI=1S/C12H20N4/c1-9(2)10-3-6-16(8-10)12-11(7-13)14-4-5-15-12/h4-5,9-10H,3,6-8,13H2,1-2H3. The summed E-state index contributed by atoms with van der Waals surface area (Å²) in [5.74, 6) is 2.49. The van der Waals surface area contributed by atoms with Crippen LogP contribution in [0.3, 0.4) is 0 Å². The van der Waals surface area contributed by atoms with Crippen molar-refractivity contribution in [2.45, 2.75) is 26.8 Å². The number of nitrogens with two attached hydrogens (primary N) is 1. The van der Waals surface area contributed by atoms with Crippen LogP contribution in [-0.2, 0) is 6.54 Å². The minimum atomic E-state index is 0.464. The molecule has 1 aromatic rings. The molecule has 0 amide bonds. The normalized spacial score (nSPS) is 20.8. The average Bonchev–Trinajstić information content (AvgIpc) is 2.78. The molecule has 1 aliphatic rings. The molecule has 2 rings (SSSR count). The molecule has 0 aromatic carbocycles. The van der Waals surface area contributed by atoms with Crippen molar-refractivity contribution in [3.05, 3.63) is 18.1 Å². The molecule has 1 fully saturated rings. The van der Waals surface area contributed by atoms with E-state index in [1.54, 1.807) is 12.4 Å². The van der Waals surface area contributed by atoms with Crippen LogP contribution < -0.4 is 10.6 Å². The molecule has 0 spiro atoms. The monoisotopic (exact) mass is 220 g/mol. The molecule has 88 valence electrons. The van der Waals surface area contributed by atoms with Gasteiger partial charge in [0.25, 0.3) is 0 Å². The number of hydrogen-bond acceptors (Lipinski definition) is 4. The summed E-state index contributed by atoms with van der Waals surface area (Å²) in [4.78, 5) is 11.0. The van der Waals surface area contributed by atoms with E-state index in [2.05, 4.69) is 28.7 Å². The van der Waals surface area contributed by atoms with Crippen LogP contribution in [0.15, 0.2) is 12.4 Å². The average molecular weight is 220 g/mol. The predicted molar refractivity (Wildman–Crippen MR) is 65.1 cm³/mol. The molecule has 1 saturated heterocycles. The van der Waals surface area contributed by atoms with Crippen molar-refractivity contribution in [2.75, 3.05) is 18.0 Å². The van der Waals surface area contributed by atoms with E-state index in [9.17, 15) is 0 Å². The third-order valence-corrected chi connectivity index (χ3v) is 3.41. The summed E-state index contributed by atoms with van der Waals surface area (Å²) in [6, 6.07) is 0. The number of rotatable bonds is 3. The minimum Gasteiger partial charge on any atom is -0.355 e. The quantitative estimate of drug-likeness (QED) is 0.837. The van der Waals surface area contributed by atoms with Crippen LogP contribution in [0.25, 0.3) is 0 Å². The number of aromatic nitrogens is 2. The molecular formula is C12H20N4. The fraction of sp³-hybridized carbons (Fsp3) is 0.667. The molecule has 2 N–H and O–H groups in total. The van der Waals surface area contributed by atoms with Crippen molar-refractivity contribution in [2.24, 2.45) is 17.6 Å². The Kier molecular flexibility index (Phi) is 3.39. The number of nitrogens with zero attached hydrogens (tertiary/aromatic N) is 3. The van der Waals surface area contributed by atoms with Crippen LogP contribution in [0.5, 0.6) is 0 Å². The summed E-state index contributed by atoms with van der Waals surface area (Å²) in [5.41, 5.74) is 6.59. The molecule has 16 heavy (non-hydrogen) atoms. The molecule has 2 heterocycles. The molecule has 1 unspecified atom stereocenters. The maximum atomic E-state index is 5.68. The smallest absolute Gasteiger partial charge is 0.151 e. The molecule has 0 radical (unpaired) electrons. The summed E-state index contributed by atoms with van der Waals surface area (Å²) in [7, 11) is 0. The highest BCUT2D eigenvalue weighted by atomic mass is 15.2. The Morgan fingerprint density at radius 3 is 2.81 bits per heavy atom. The van der Waals surface area contributed by atoms with Gasteiger partial charge < -0.3 is 10.6 Å². The van der Waals surface area contributed by atoms with Crippen molar-refractivity contribution >= 4 is 5.82 Å². The first-order chi connectivity index (χ1) is 7.72. The lowest BCUT2D eigenvalue weighted by atomic mass is 9.95. The van der Waals surface area contributed by atoms with Crippen LogP contribution in [0.4, 0.5) is 5.82 Å². The van der Waals surface area contributed by atoms with Gasteiger partial charge in [0.2, 0.25) is 0 Å². The third kappa shape index (κ3) is 2.16. The molecule has 0 saturated carbocycles. The zero-order valence-electron chi connectivity index (χ0n) is 10.1. The van der Waals surface area contributed by atoms with E-state index in [0.717, 1.165) is 36.4 Å². The lowest BCUT2D eigenvalue weighted by Crippen LogP contribution is -2.24. The van der Waals surface area contributed by atoms with Crippen LogP contribution >= 0.6 is 0 Å². The van der Waals surface area contributed by atoms with Crippen molar-refractivity contribution in [1.29, 1.82) is 0 Å². The van der Waals surface area contributed by atoms with Crippen molar-refractivity contribution in [1.82, 2.24) is 9.97 Å². The highest BCUT2D eigenvalue weighted by Crippen LogP contribution is 2.28. The summed E-state index contributed by atoms with van der Waals surface area (Å²) in [5, 5.41) is 0. The first kappa shape index (κ1) is 11.3. The van der Waals surface area contributed by atoms with Crippen LogP contribution in [0.1, 0.15) is 26.0 Å². The zero-order valence-corrected chi connectivity index (χ0v) is 10.1. The summed E-state index contributed by atoms with van der Waals surface area (Å²) >= 11 is 0. The largest absolute Gasteiger partial charge is 0.355 e. The summed E-state index contributed by atoms with van der Waals surface area (Å²) in [6.45, 7) is 7.20. The van der Waals surface area contributed by atoms with Gasteiger partial charge in [-0.1, -0.05) is 13.8 Å². The van der Waals surface area contributed by atoms with Crippen molar-refractivity contribution in [3.8, 4) is 0 Å². The van der Waals surface area contributed by atoms with Gasteiger partial charge in [-0.05, 0) is 18.3 Å². The second-order valence-corrected chi connectivity index (χ2v) is 4.77. The SMILES string of the molecule is CC(C)C1CCN(c2nccnc2CN)C1. The van der Waals surface area contributed by atoms with E-state index in [1.165, 1.54) is 6.42 Å². The molecule has 0 bridgehead atoms. The van der Waals surface area contributed by atoms with E-state index in [1.807, 2.05) is 0 Å². The number of anilines is 1. The van der Waals surface area contributed by atoms with E-state index in [4.69, 9.17) is 5.73 Å². The topological polar surface area (TPSA) is 55.0 Å². The van der Waals surface area contributed by atoms with E-state index in [0.29, 0.717) is 6.54 Å². The Morgan fingerprint density at radius 2 is 2.19 bits per heavy atom. The Bertz CT molecular complexity index is 351. The predicted octanol–water partition coefficient (Wildman–Crippen LogP) is 1.42. The van der Waals surface area contributed by atoms with Gasteiger partial charge in [0, 0.05) is 32.0 Å².